The molecule has 5 nitrogen and oxygen atoms in total. The van der Waals surface area contributed by atoms with Crippen molar-refractivity contribution in [1.29, 1.82) is 0 Å². The fraction of sp³-hybridized carbons (Fsp3) is 0.636. The van der Waals surface area contributed by atoms with Gasteiger partial charge in [0.1, 0.15) is 0 Å². The molecule has 0 radical (unpaired) electrons. The summed E-state index contributed by atoms with van der Waals surface area (Å²) in [5.41, 5.74) is 3.39. The van der Waals surface area contributed by atoms with Gasteiger partial charge in [-0.15, -0.1) is 0 Å². The van der Waals surface area contributed by atoms with Gasteiger partial charge in [0, 0.05) is 61.3 Å². The fourth-order valence-electron chi connectivity index (χ4n) is 5.44. The molecule has 28 heavy (non-hydrogen) atoms. The van der Waals surface area contributed by atoms with Gasteiger partial charge >= 0.3 is 0 Å². The van der Waals surface area contributed by atoms with Crippen LogP contribution in [0.2, 0.25) is 5.02 Å². The standard InChI is InChI=1S/C22H29ClN4O/c1-14(2)27-21(11-20(25-27)15-8-16(23)13-24-12-15)22-18-9-17(10-19(18)22)26-4-3-6-28-7-5-26/h8,11-14,17-19,22H,3-7,9-10H2,1-2H3/t17?,18-,19+,22?. The van der Waals surface area contributed by atoms with Gasteiger partial charge in [-0.3, -0.25) is 14.6 Å². The first-order valence-electron chi connectivity index (χ1n) is 10.6. The van der Waals surface area contributed by atoms with E-state index in [1.54, 1.807) is 6.20 Å². The van der Waals surface area contributed by atoms with Crippen LogP contribution in [0, 0.1) is 11.8 Å². The molecule has 1 saturated heterocycles. The zero-order valence-corrected chi connectivity index (χ0v) is 17.5. The van der Waals surface area contributed by atoms with Crippen LogP contribution < -0.4 is 0 Å². The third-order valence-corrected chi connectivity index (χ3v) is 7.00. The van der Waals surface area contributed by atoms with E-state index >= 15 is 0 Å². The van der Waals surface area contributed by atoms with Crippen molar-refractivity contribution >= 4 is 11.6 Å². The van der Waals surface area contributed by atoms with E-state index in [2.05, 4.69) is 34.5 Å². The Morgan fingerprint density at radius 2 is 1.93 bits per heavy atom. The Labute approximate surface area is 172 Å². The van der Waals surface area contributed by atoms with Crippen LogP contribution >= 0.6 is 11.6 Å². The molecule has 2 unspecified atom stereocenters. The lowest BCUT2D eigenvalue weighted by Crippen LogP contribution is -2.36. The molecule has 2 saturated carbocycles. The van der Waals surface area contributed by atoms with Gasteiger partial charge in [-0.2, -0.15) is 5.10 Å². The van der Waals surface area contributed by atoms with E-state index in [4.69, 9.17) is 21.4 Å². The topological polar surface area (TPSA) is 43.2 Å². The second-order valence-electron chi connectivity index (χ2n) is 8.87. The molecule has 6 heteroatoms. The molecule has 150 valence electrons. The molecule has 1 aliphatic heterocycles. The zero-order valence-electron chi connectivity index (χ0n) is 16.7. The summed E-state index contributed by atoms with van der Waals surface area (Å²) in [4.78, 5) is 6.91. The van der Waals surface area contributed by atoms with Crippen molar-refractivity contribution < 1.29 is 4.74 Å². The van der Waals surface area contributed by atoms with Crippen LogP contribution in [0.1, 0.15) is 50.8 Å². The summed E-state index contributed by atoms with van der Waals surface area (Å²) >= 11 is 6.15. The monoisotopic (exact) mass is 400 g/mol. The maximum Gasteiger partial charge on any atom is 0.0942 e. The molecular weight excluding hydrogens is 372 g/mol. The molecular formula is C22H29ClN4O. The summed E-state index contributed by atoms with van der Waals surface area (Å²) in [6.45, 7) is 8.55. The Bertz CT molecular complexity index is 831. The van der Waals surface area contributed by atoms with E-state index in [9.17, 15) is 0 Å². The van der Waals surface area contributed by atoms with E-state index in [1.807, 2.05) is 12.3 Å². The molecule has 0 bridgehead atoms. The van der Waals surface area contributed by atoms with Crippen LogP contribution in [0.3, 0.4) is 0 Å². The first-order chi connectivity index (χ1) is 13.6. The molecule has 5 rings (SSSR count). The highest BCUT2D eigenvalue weighted by atomic mass is 35.5. The van der Waals surface area contributed by atoms with E-state index in [0.29, 0.717) is 17.0 Å². The minimum absolute atomic E-state index is 0.357. The van der Waals surface area contributed by atoms with Crippen LogP contribution in [0.5, 0.6) is 0 Å². The van der Waals surface area contributed by atoms with Crippen molar-refractivity contribution in [2.24, 2.45) is 11.8 Å². The normalized spacial score (nSPS) is 30.4. The van der Waals surface area contributed by atoms with Crippen molar-refractivity contribution in [3.8, 4) is 11.3 Å². The Morgan fingerprint density at radius 3 is 2.68 bits per heavy atom. The van der Waals surface area contributed by atoms with Crippen LogP contribution in [0.4, 0.5) is 0 Å². The van der Waals surface area contributed by atoms with Crippen molar-refractivity contribution in [3.05, 3.63) is 35.2 Å². The largest absolute Gasteiger partial charge is 0.380 e. The van der Waals surface area contributed by atoms with Gasteiger partial charge in [-0.05, 0) is 57.1 Å². The summed E-state index contributed by atoms with van der Waals surface area (Å²) in [5.74, 6) is 2.29. The van der Waals surface area contributed by atoms with Gasteiger partial charge in [0.25, 0.3) is 0 Å². The van der Waals surface area contributed by atoms with Crippen LogP contribution in [0.25, 0.3) is 11.3 Å². The van der Waals surface area contributed by atoms with Gasteiger partial charge in [0.15, 0.2) is 0 Å². The van der Waals surface area contributed by atoms with Crippen molar-refractivity contribution in [2.45, 2.75) is 51.1 Å². The first kappa shape index (κ1) is 18.6. The molecule has 3 heterocycles. The number of hydrogen-bond acceptors (Lipinski definition) is 4. The molecule has 0 amide bonds. The average molecular weight is 401 g/mol. The minimum Gasteiger partial charge on any atom is -0.380 e. The summed E-state index contributed by atoms with van der Waals surface area (Å²) in [7, 11) is 0. The highest BCUT2D eigenvalue weighted by Gasteiger charge is 2.58. The molecule has 0 N–H and O–H groups in total. The second-order valence-corrected chi connectivity index (χ2v) is 9.30. The van der Waals surface area contributed by atoms with Crippen molar-refractivity contribution in [3.63, 3.8) is 0 Å². The molecule has 2 aromatic heterocycles. The van der Waals surface area contributed by atoms with Crippen LogP contribution in [-0.2, 0) is 4.74 Å². The molecule has 2 aliphatic carbocycles. The van der Waals surface area contributed by atoms with Gasteiger partial charge < -0.3 is 4.74 Å². The van der Waals surface area contributed by atoms with E-state index in [-0.39, 0.29) is 0 Å². The van der Waals surface area contributed by atoms with Crippen LogP contribution in [-0.4, -0.2) is 52.0 Å². The lowest BCUT2D eigenvalue weighted by atomic mass is 10.0. The SMILES string of the molecule is CC(C)n1nc(-c2cncc(Cl)c2)cc1C1[C@H]2CC(N3CCCOCC3)C[C@@H]12. The van der Waals surface area contributed by atoms with Gasteiger partial charge in [0.05, 0.1) is 17.3 Å². The minimum atomic E-state index is 0.357. The Morgan fingerprint density at radius 1 is 1.11 bits per heavy atom. The first-order valence-corrected chi connectivity index (χ1v) is 11.0. The Kier molecular flexibility index (Phi) is 4.93. The molecule has 3 aliphatic rings. The lowest BCUT2D eigenvalue weighted by molar-refractivity contribution is 0.129. The summed E-state index contributed by atoms with van der Waals surface area (Å²) < 4.78 is 7.87. The second kappa shape index (κ2) is 7.43. The molecule has 3 fully saturated rings. The number of nitrogens with zero attached hydrogens (tertiary/aromatic N) is 4. The lowest BCUT2D eigenvalue weighted by Gasteiger charge is -2.28. The highest BCUT2D eigenvalue weighted by Crippen LogP contribution is 2.64. The van der Waals surface area contributed by atoms with Crippen molar-refractivity contribution in [2.75, 3.05) is 26.3 Å². The molecule has 0 spiro atoms. The number of halogens is 1. The fourth-order valence-corrected chi connectivity index (χ4v) is 5.62. The summed E-state index contributed by atoms with van der Waals surface area (Å²) in [5, 5.41) is 5.58. The van der Waals surface area contributed by atoms with Gasteiger partial charge in [-0.25, -0.2) is 0 Å². The number of aromatic nitrogens is 3. The Hall–Kier alpha value is -1.43. The molecule has 4 atom stereocenters. The number of hydrogen-bond donors (Lipinski definition) is 0. The zero-order chi connectivity index (χ0) is 19.3. The van der Waals surface area contributed by atoms with Crippen LogP contribution in [0.15, 0.2) is 24.5 Å². The smallest absolute Gasteiger partial charge is 0.0942 e. The maximum absolute atomic E-state index is 6.15. The van der Waals surface area contributed by atoms with Gasteiger partial charge in [-0.1, -0.05) is 11.6 Å². The van der Waals surface area contributed by atoms with E-state index < -0.39 is 0 Å². The molecule has 2 aromatic rings. The predicted molar refractivity (Wildman–Crippen MR) is 111 cm³/mol. The third kappa shape index (κ3) is 3.38. The average Bonchev–Trinajstić information content (AvgIpc) is 3.01. The van der Waals surface area contributed by atoms with E-state index in [1.165, 1.54) is 31.5 Å². The summed E-state index contributed by atoms with van der Waals surface area (Å²) in [6, 6.07) is 5.34. The summed E-state index contributed by atoms with van der Waals surface area (Å²) in [6.07, 6.45) is 7.35. The number of fused-ring (bicyclic) bond motifs is 1. The van der Waals surface area contributed by atoms with E-state index in [0.717, 1.165) is 48.9 Å². The number of rotatable bonds is 4. The quantitative estimate of drug-likeness (QED) is 0.763. The Balaban J connectivity index is 1.34. The number of pyridine rings is 1. The highest BCUT2D eigenvalue weighted by molar-refractivity contribution is 6.30. The predicted octanol–water partition coefficient (Wildman–Crippen LogP) is 4.39. The van der Waals surface area contributed by atoms with Gasteiger partial charge in [0.2, 0.25) is 0 Å². The third-order valence-electron chi connectivity index (χ3n) is 6.79. The van der Waals surface area contributed by atoms with Crippen molar-refractivity contribution in [1.82, 2.24) is 19.7 Å². The maximum atomic E-state index is 6.15. The molecule has 0 aromatic carbocycles. The number of ether oxygens (including phenoxy) is 1.